The second-order valence-electron chi connectivity index (χ2n) is 7.12. The molecule has 0 spiro atoms. The Morgan fingerprint density at radius 3 is 2.72 bits per heavy atom. The van der Waals surface area contributed by atoms with E-state index in [9.17, 15) is 14.9 Å². The number of rotatable bonds is 5. The van der Waals surface area contributed by atoms with Gasteiger partial charge in [-0.3, -0.25) is 4.79 Å². The van der Waals surface area contributed by atoms with Crippen LogP contribution in [-0.2, 0) is 22.4 Å². The first kappa shape index (κ1) is 20.9. The number of esters is 1. The number of benzene rings is 1. The number of amides is 1. The number of carbonyl (C=O) groups is 2. The predicted octanol–water partition coefficient (Wildman–Crippen LogP) is 4.39. The Morgan fingerprint density at radius 1 is 1.24 bits per heavy atom. The van der Waals surface area contributed by atoms with E-state index in [0.717, 1.165) is 43.2 Å². The summed E-state index contributed by atoms with van der Waals surface area (Å²) in [6.45, 7) is 3.37. The minimum Gasteiger partial charge on any atom is -0.496 e. The van der Waals surface area contributed by atoms with E-state index in [1.165, 1.54) is 30.2 Å². The van der Waals surface area contributed by atoms with E-state index in [2.05, 4.69) is 11.4 Å². The number of fused-ring (bicyclic) bond motifs is 1. The predicted molar refractivity (Wildman–Crippen MR) is 112 cm³/mol. The van der Waals surface area contributed by atoms with Crippen molar-refractivity contribution in [3.05, 3.63) is 45.3 Å². The number of aryl methyl sites for hydroxylation is 2. The summed E-state index contributed by atoms with van der Waals surface area (Å²) in [5.74, 6) is -0.699. The van der Waals surface area contributed by atoms with Gasteiger partial charge in [0, 0.05) is 4.88 Å². The van der Waals surface area contributed by atoms with Gasteiger partial charge in [0.05, 0.1) is 12.7 Å². The van der Waals surface area contributed by atoms with Crippen molar-refractivity contribution in [1.29, 1.82) is 5.26 Å². The zero-order chi connectivity index (χ0) is 21.0. The zero-order valence-corrected chi connectivity index (χ0v) is 17.6. The third-order valence-electron chi connectivity index (χ3n) is 5.00. The van der Waals surface area contributed by atoms with Gasteiger partial charge in [-0.15, -0.1) is 11.3 Å². The van der Waals surface area contributed by atoms with E-state index < -0.39 is 18.0 Å². The highest BCUT2D eigenvalue weighted by Crippen LogP contribution is 2.37. The number of thiophene rings is 1. The number of anilines is 1. The summed E-state index contributed by atoms with van der Waals surface area (Å²) >= 11 is 1.45. The first-order valence-electron chi connectivity index (χ1n) is 9.65. The third kappa shape index (κ3) is 4.60. The molecule has 1 atom stereocenters. The Labute approximate surface area is 174 Å². The van der Waals surface area contributed by atoms with Crippen molar-refractivity contribution in [3.8, 4) is 11.8 Å². The van der Waals surface area contributed by atoms with Gasteiger partial charge < -0.3 is 14.8 Å². The molecule has 0 fully saturated rings. The normalized spacial score (nSPS) is 14.1. The number of ether oxygens (including phenoxy) is 2. The van der Waals surface area contributed by atoms with E-state index >= 15 is 0 Å². The van der Waals surface area contributed by atoms with Crippen LogP contribution in [0.25, 0.3) is 0 Å². The minimum absolute atomic E-state index is 0.271. The SMILES string of the molecule is COc1ccc(C)cc1C(=O)O[C@@H](C)C(=O)Nc1sc2c(c1C#N)CCCCC2. The van der Waals surface area contributed by atoms with Crippen molar-refractivity contribution in [3.63, 3.8) is 0 Å². The molecular formula is C22H24N2O4S. The van der Waals surface area contributed by atoms with Gasteiger partial charge in [-0.25, -0.2) is 4.79 Å². The highest BCUT2D eigenvalue weighted by Gasteiger charge is 2.25. The molecule has 0 unspecified atom stereocenters. The number of nitrogens with one attached hydrogen (secondary N) is 1. The second-order valence-corrected chi connectivity index (χ2v) is 8.23. The maximum absolute atomic E-state index is 12.6. The molecule has 1 aliphatic rings. The summed E-state index contributed by atoms with van der Waals surface area (Å²) in [7, 11) is 1.47. The van der Waals surface area contributed by atoms with Crippen LogP contribution in [0.5, 0.6) is 5.75 Å². The second kappa shape index (κ2) is 9.10. The Morgan fingerprint density at radius 2 is 2.00 bits per heavy atom. The lowest BCUT2D eigenvalue weighted by Gasteiger charge is -2.15. The van der Waals surface area contributed by atoms with Crippen molar-refractivity contribution in [2.24, 2.45) is 0 Å². The lowest BCUT2D eigenvalue weighted by molar-refractivity contribution is -0.123. The molecule has 1 aliphatic carbocycles. The van der Waals surface area contributed by atoms with Gasteiger partial charge >= 0.3 is 5.97 Å². The Hall–Kier alpha value is -2.85. The third-order valence-corrected chi connectivity index (χ3v) is 6.21. The number of carbonyl (C=O) groups excluding carboxylic acids is 2. The number of hydrogen-bond donors (Lipinski definition) is 1. The van der Waals surface area contributed by atoms with Gasteiger partial charge in [0.25, 0.3) is 5.91 Å². The van der Waals surface area contributed by atoms with Gasteiger partial charge in [0.1, 0.15) is 22.4 Å². The standard InChI is InChI=1S/C22H24N2O4S/c1-13-9-10-18(27-3)16(11-13)22(26)28-14(2)20(25)24-21-17(12-23)15-7-5-4-6-8-19(15)29-21/h9-11,14H,4-8H2,1-3H3,(H,24,25)/t14-/m0/s1. The van der Waals surface area contributed by atoms with Crippen LogP contribution in [0.2, 0.25) is 0 Å². The van der Waals surface area contributed by atoms with Crippen molar-refractivity contribution < 1.29 is 19.1 Å². The first-order valence-corrected chi connectivity index (χ1v) is 10.5. The number of methoxy groups -OCH3 is 1. The molecule has 1 heterocycles. The van der Waals surface area contributed by atoms with Crippen LogP contribution in [0.1, 0.15) is 58.1 Å². The molecule has 7 heteroatoms. The number of hydrogen-bond acceptors (Lipinski definition) is 6. The number of nitrogens with zero attached hydrogens (tertiary/aromatic N) is 1. The fourth-order valence-electron chi connectivity index (χ4n) is 3.42. The van der Waals surface area contributed by atoms with Crippen molar-refractivity contribution in [2.45, 2.75) is 52.1 Å². The van der Waals surface area contributed by atoms with Crippen LogP contribution in [0.4, 0.5) is 5.00 Å². The van der Waals surface area contributed by atoms with Gasteiger partial charge in [-0.1, -0.05) is 18.1 Å². The number of nitriles is 1. The maximum atomic E-state index is 12.6. The van der Waals surface area contributed by atoms with E-state index in [0.29, 0.717) is 16.3 Å². The maximum Gasteiger partial charge on any atom is 0.342 e. The lowest BCUT2D eigenvalue weighted by atomic mass is 10.1. The van der Waals surface area contributed by atoms with E-state index in [1.54, 1.807) is 12.1 Å². The Balaban J connectivity index is 1.73. The molecule has 2 aromatic rings. The molecule has 6 nitrogen and oxygen atoms in total. The van der Waals surface area contributed by atoms with Crippen molar-refractivity contribution in [1.82, 2.24) is 0 Å². The van der Waals surface area contributed by atoms with Crippen LogP contribution in [0, 0.1) is 18.3 Å². The molecule has 3 rings (SSSR count). The fourth-order valence-corrected chi connectivity index (χ4v) is 4.66. The zero-order valence-electron chi connectivity index (χ0n) is 16.8. The molecule has 1 aromatic heterocycles. The van der Waals surface area contributed by atoms with Gasteiger partial charge in [0.15, 0.2) is 6.10 Å². The smallest absolute Gasteiger partial charge is 0.342 e. The van der Waals surface area contributed by atoms with Gasteiger partial charge in [-0.2, -0.15) is 5.26 Å². The molecule has 0 saturated heterocycles. The molecule has 0 bridgehead atoms. The van der Waals surface area contributed by atoms with E-state index in [1.807, 2.05) is 13.0 Å². The van der Waals surface area contributed by atoms with E-state index in [4.69, 9.17) is 9.47 Å². The summed E-state index contributed by atoms with van der Waals surface area (Å²) in [6.07, 6.45) is 4.09. The van der Waals surface area contributed by atoms with Crippen LogP contribution < -0.4 is 10.1 Å². The summed E-state index contributed by atoms with van der Waals surface area (Å²) in [5, 5.41) is 12.9. The van der Waals surface area contributed by atoms with Crippen LogP contribution >= 0.6 is 11.3 Å². The molecule has 0 saturated carbocycles. The van der Waals surface area contributed by atoms with Crippen molar-refractivity contribution in [2.75, 3.05) is 12.4 Å². The Kier molecular flexibility index (Phi) is 6.55. The monoisotopic (exact) mass is 412 g/mol. The topological polar surface area (TPSA) is 88.4 Å². The fraction of sp³-hybridized carbons (Fsp3) is 0.409. The summed E-state index contributed by atoms with van der Waals surface area (Å²) in [5.41, 5.74) is 2.75. The molecule has 1 N–H and O–H groups in total. The minimum atomic E-state index is -1.01. The highest BCUT2D eigenvalue weighted by atomic mass is 32.1. The molecule has 1 amide bonds. The van der Waals surface area contributed by atoms with E-state index in [-0.39, 0.29) is 5.56 Å². The molecule has 0 aliphatic heterocycles. The van der Waals surface area contributed by atoms with Crippen molar-refractivity contribution >= 4 is 28.2 Å². The van der Waals surface area contributed by atoms with Crippen LogP contribution in [0.3, 0.4) is 0 Å². The van der Waals surface area contributed by atoms with Gasteiger partial charge in [-0.05, 0) is 57.2 Å². The average molecular weight is 413 g/mol. The summed E-state index contributed by atoms with van der Waals surface area (Å²) in [6, 6.07) is 7.42. The van der Waals surface area contributed by atoms with Gasteiger partial charge in [0.2, 0.25) is 0 Å². The summed E-state index contributed by atoms with van der Waals surface area (Å²) in [4.78, 5) is 26.3. The largest absolute Gasteiger partial charge is 0.496 e. The lowest BCUT2D eigenvalue weighted by Crippen LogP contribution is -2.30. The molecular weight excluding hydrogens is 388 g/mol. The highest BCUT2D eigenvalue weighted by molar-refractivity contribution is 7.16. The molecule has 0 radical (unpaired) electrons. The quantitative estimate of drug-likeness (QED) is 0.581. The van der Waals surface area contributed by atoms with Crippen LogP contribution in [0.15, 0.2) is 18.2 Å². The summed E-state index contributed by atoms with van der Waals surface area (Å²) < 4.78 is 10.6. The molecule has 1 aromatic carbocycles. The molecule has 152 valence electrons. The first-order chi connectivity index (χ1) is 13.9. The molecule has 29 heavy (non-hydrogen) atoms. The average Bonchev–Trinajstić information content (AvgIpc) is 2.86. The van der Waals surface area contributed by atoms with Crippen LogP contribution in [-0.4, -0.2) is 25.1 Å². The Bertz CT molecular complexity index is 974.